The van der Waals surface area contributed by atoms with Gasteiger partial charge in [-0.2, -0.15) is 0 Å². The van der Waals surface area contributed by atoms with Gasteiger partial charge in [0.1, 0.15) is 11.5 Å². The van der Waals surface area contributed by atoms with Gasteiger partial charge in [-0.05, 0) is 29.8 Å². The molecule has 4 nitrogen and oxygen atoms in total. The van der Waals surface area contributed by atoms with Crippen molar-refractivity contribution < 1.29 is 19.4 Å². The third kappa shape index (κ3) is 2.70. The Morgan fingerprint density at radius 2 is 1.75 bits per heavy atom. The Hall–Kier alpha value is -2.20. The fraction of sp³-hybridized carbons (Fsp3) is 0.133. The number of carbonyl (C=O) groups is 1. The average Bonchev–Trinajstić information content (AvgIpc) is 2.46. The van der Waals surface area contributed by atoms with Crippen LogP contribution in [0.2, 0.25) is 5.02 Å². The molecule has 2 aromatic rings. The van der Waals surface area contributed by atoms with Gasteiger partial charge in [0.25, 0.3) is 0 Å². The minimum absolute atomic E-state index is 0.126. The Morgan fingerprint density at radius 3 is 2.35 bits per heavy atom. The van der Waals surface area contributed by atoms with Crippen LogP contribution in [-0.4, -0.2) is 25.3 Å². The van der Waals surface area contributed by atoms with Crippen LogP contribution in [0.15, 0.2) is 36.4 Å². The summed E-state index contributed by atoms with van der Waals surface area (Å²) in [5.41, 5.74) is 1.34. The Kier molecular flexibility index (Phi) is 4.15. The molecule has 104 valence electrons. The molecule has 0 saturated heterocycles. The zero-order chi connectivity index (χ0) is 14.7. The van der Waals surface area contributed by atoms with E-state index in [0.717, 1.165) is 0 Å². The monoisotopic (exact) mass is 292 g/mol. The zero-order valence-corrected chi connectivity index (χ0v) is 11.8. The first-order valence-corrected chi connectivity index (χ1v) is 6.20. The van der Waals surface area contributed by atoms with Crippen LogP contribution in [0.25, 0.3) is 11.1 Å². The maximum absolute atomic E-state index is 11.3. The Morgan fingerprint density at radius 1 is 1.05 bits per heavy atom. The molecule has 5 heteroatoms. The summed E-state index contributed by atoms with van der Waals surface area (Å²) in [4.78, 5) is 11.3. The van der Waals surface area contributed by atoms with Crippen molar-refractivity contribution in [3.63, 3.8) is 0 Å². The molecule has 2 aromatic carbocycles. The third-order valence-electron chi connectivity index (χ3n) is 2.91. The second-order valence-electron chi connectivity index (χ2n) is 4.06. The van der Waals surface area contributed by atoms with Gasteiger partial charge >= 0.3 is 5.97 Å². The minimum Gasteiger partial charge on any atom is -0.497 e. The summed E-state index contributed by atoms with van der Waals surface area (Å²) in [6.45, 7) is 0. The number of carboxylic acids is 1. The van der Waals surface area contributed by atoms with E-state index >= 15 is 0 Å². The molecule has 0 saturated carbocycles. The predicted octanol–water partition coefficient (Wildman–Crippen LogP) is 3.72. The van der Waals surface area contributed by atoms with E-state index in [1.807, 2.05) is 0 Å². The van der Waals surface area contributed by atoms with Crippen molar-refractivity contribution >= 4 is 17.6 Å². The highest BCUT2D eigenvalue weighted by molar-refractivity contribution is 6.31. The van der Waals surface area contributed by atoms with Gasteiger partial charge < -0.3 is 14.6 Å². The van der Waals surface area contributed by atoms with E-state index in [2.05, 4.69) is 0 Å². The van der Waals surface area contributed by atoms with Crippen molar-refractivity contribution in [2.24, 2.45) is 0 Å². The van der Waals surface area contributed by atoms with Gasteiger partial charge in [0.2, 0.25) is 0 Å². The van der Waals surface area contributed by atoms with E-state index in [0.29, 0.717) is 27.6 Å². The summed E-state index contributed by atoms with van der Waals surface area (Å²) in [7, 11) is 3.08. The number of carboxylic acid groups (broad SMARTS) is 1. The molecular weight excluding hydrogens is 280 g/mol. The number of ether oxygens (including phenoxy) is 2. The van der Waals surface area contributed by atoms with Gasteiger partial charge in [-0.25, -0.2) is 4.79 Å². The van der Waals surface area contributed by atoms with Crippen LogP contribution in [0, 0.1) is 0 Å². The molecule has 0 amide bonds. The van der Waals surface area contributed by atoms with Crippen LogP contribution in [0.4, 0.5) is 0 Å². The van der Waals surface area contributed by atoms with E-state index in [1.54, 1.807) is 37.4 Å². The van der Waals surface area contributed by atoms with Gasteiger partial charge in [0.05, 0.1) is 19.8 Å². The molecule has 0 heterocycles. The van der Waals surface area contributed by atoms with Crippen LogP contribution in [0.1, 0.15) is 10.4 Å². The van der Waals surface area contributed by atoms with E-state index in [4.69, 9.17) is 21.1 Å². The molecule has 0 spiro atoms. The topological polar surface area (TPSA) is 55.8 Å². The Labute approximate surface area is 121 Å². The highest BCUT2D eigenvalue weighted by Gasteiger charge is 2.16. The molecule has 0 aliphatic rings. The molecule has 0 bridgehead atoms. The summed E-state index contributed by atoms with van der Waals surface area (Å²) in [6, 6.07) is 9.94. The van der Waals surface area contributed by atoms with Gasteiger partial charge in [-0.3, -0.25) is 0 Å². The lowest BCUT2D eigenvalue weighted by Crippen LogP contribution is -2.00. The largest absolute Gasteiger partial charge is 0.497 e. The van der Waals surface area contributed by atoms with Gasteiger partial charge in [0.15, 0.2) is 0 Å². The molecular formula is C15H13ClO4. The minimum atomic E-state index is -1.04. The van der Waals surface area contributed by atoms with Gasteiger partial charge in [0, 0.05) is 16.7 Å². The number of rotatable bonds is 4. The molecule has 0 radical (unpaired) electrons. The highest BCUT2D eigenvalue weighted by atomic mass is 35.5. The lowest BCUT2D eigenvalue weighted by molar-refractivity contribution is 0.0697. The molecule has 0 aromatic heterocycles. The first-order chi connectivity index (χ1) is 9.56. The summed E-state index contributed by atoms with van der Waals surface area (Å²) < 4.78 is 10.4. The lowest BCUT2D eigenvalue weighted by Gasteiger charge is -2.12. The van der Waals surface area contributed by atoms with Gasteiger partial charge in [-0.15, -0.1) is 0 Å². The summed E-state index contributed by atoms with van der Waals surface area (Å²) in [6.07, 6.45) is 0. The third-order valence-corrected chi connectivity index (χ3v) is 3.15. The zero-order valence-electron chi connectivity index (χ0n) is 11.0. The van der Waals surface area contributed by atoms with Crippen molar-refractivity contribution in [3.05, 3.63) is 47.0 Å². The van der Waals surface area contributed by atoms with Crippen molar-refractivity contribution in [1.82, 2.24) is 0 Å². The van der Waals surface area contributed by atoms with E-state index in [-0.39, 0.29) is 5.56 Å². The maximum atomic E-state index is 11.3. The Bertz CT molecular complexity index is 652. The maximum Gasteiger partial charge on any atom is 0.336 e. The Balaban J connectivity index is 2.65. The van der Waals surface area contributed by atoms with Crippen molar-refractivity contribution in [1.29, 1.82) is 0 Å². The first-order valence-electron chi connectivity index (χ1n) is 5.82. The average molecular weight is 293 g/mol. The molecule has 0 fully saturated rings. The second kappa shape index (κ2) is 5.84. The smallest absolute Gasteiger partial charge is 0.336 e. The molecule has 0 aliphatic heterocycles. The number of halogens is 1. The molecule has 20 heavy (non-hydrogen) atoms. The predicted molar refractivity (Wildman–Crippen MR) is 77.0 cm³/mol. The quantitative estimate of drug-likeness (QED) is 0.933. The van der Waals surface area contributed by atoms with E-state index in [9.17, 15) is 9.90 Å². The second-order valence-corrected chi connectivity index (χ2v) is 4.50. The summed E-state index contributed by atoms with van der Waals surface area (Å²) in [5.74, 6) is 0.131. The first kappa shape index (κ1) is 14.2. The van der Waals surface area contributed by atoms with Crippen molar-refractivity contribution in [3.8, 4) is 22.6 Å². The van der Waals surface area contributed by atoms with Crippen LogP contribution >= 0.6 is 11.6 Å². The van der Waals surface area contributed by atoms with E-state index in [1.165, 1.54) is 13.2 Å². The molecule has 1 N–H and O–H groups in total. The summed E-state index contributed by atoms with van der Waals surface area (Å²) in [5, 5.41) is 9.67. The number of methoxy groups -OCH3 is 2. The fourth-order valence-corrected chi connectivity index (χ4v) is 2.12. The SMILES string of the molecule is COc1ccc(-c2ccc(Cl)cc2C(=O)O)c(OC)c1. The van der Waals surface area contributed by atoms with Crippen LogP contribution < -0.4 is 9.47 Å². The van der Waals surface area contributed by atoms with Crippen molar-refractivity contribution in [2.45, 2.75) is 0 Å². The fourth-order valence-electron chi connectivity index (χ4n) is 1.95. The van der Waals surface area contributed by atoms with Crippen LogP contribution in [-0.2, 0) is 0 Å². The van der Waals surface area contributed by atoms with Crippen molar-refractivity contribution in [2.75, 3.05) is 14.2 Å². The van der Waals surface area contributed by atoms with E-state index < -0.39 is 5.97 Å². The van der Waals surface area contributed by atoms with Gasteiger partial charge in [-0.1, -0.05) is 17.7 Å². The normalized spacial score (nSPS) is 10.2. The van der Waals surface area contributed by atoms with Crippen LogP contribution in [0.3, 0.4) is 0 Å². The standard InChI is InChI=1S/C15H13ClO4/c1-19-10-4-6-12(14(8-10)20-2)11-5-3-9(16)7-13(11)15(17)18/h3-8H,1-2H3,(H,17,18). The summed E-state index contributed by atoms with van der Waals surface area (Å²) >= 11 is 5.86. The lowest BCUT2D eigenvalue weighted by atomic mass is 9.98. The molecule has 0 unspecified atom stereocenters. The number of hydrogen-bond acceptors (Lipinski definition) is 3. The van der Waals surface area contributed by atoms with Crippen LogP contribution in [0.5, 0.6) is 11.5 Å². The number of benzene rings is 2. The molecule has 2 rings (SSSR count). The molecule has 0 atom stereocenters. The number of aromatic carboxylic acids is 1. The highest BCUT2D eigenvalue weighted by Crippen LogP contribution is 2.36. The number of hydrogen-bond donors (Lipinski definition) is 1. The molecule has 0 aliphatic carbocycles.